The zero-order valence-electron chi connectivity index (χ0n) is 21.3. The standard InChI is InChI=1S/C28H22N10S3/c1-2-4-20(5-3-1)32-27-25(34-33-21-6-10-23(11-7-21)41-37-28-30-16-17-39-28)18-38(35-27)22-8-12-24(13-9-22)40-36-26-14-15-29-19-31-26/h1-19H,(H,30,37)(H,32,35)(H,29,31,36). The van der Waals surface area contributed by atoms with E-state index in [1.165, 1.54) is 30.2 Å². The van der Waals surface area contributed by atoms with Gasteiger partial charge in [-0.1, -0.05) is 18.2 Å². The van der Waals surface area contributed by atoms with Crippen molar-refractivity contribution >= 4 is 69.1 Å². The highest BCUT2D eigenvalue weighted by atomic mass is 32.2. The Labute approximate surface area is 248 Å². The molecule has 0 aliphatic heterocycles. The van der Waals surface area contributed by atoms with Crippen molar-refractivity contribution < 1.29 is 0 Å². The lowest BCUT2D eigenvalue weighted by Gasteiger charge is -2.06. The summed E-state index contributed by atoms with van der Waals surface area (Å²) in [7, 11) is 0. The van der Waals surface area contributed by atoms with E-state index in [4.69, 9.17) is 5.10 Å². The van der Waals surface area contributed by atoms with Crippen LogP contribution >= 0.6 is 35.2 Å². The monoisotopic (exact) mass is 594 g/mol. The van der Waals surface area contributed by atoms with Crippen molar-refractivity contribution in [3.05, 3.63) is 115 Å². The minimum absolute atomic E-state index is 0.601. The fraction of sp³-hybridized carbons (Fsp3) is 0. The summed E-state index contributed by atoms with van der Waals surface area (Å²) >= 11 is 4.53. The van der Waals surface area contributed by atoms with Crippen LogP contribution in [0.3, 0.4) is 0 Å². The molecule has 0 aliphatic rings. The Morgan fingerprint density at radius 3 is 2.27 bits per heavy atom. The van der Waals surface area contributed by atoms with Gasteiger partial charge < -0.3 is 14.8 Å². The Hall–Kier alpha value is -4.72. The van der Waals surface area contributed by atoms with Crippen molar-refractivity contribution in [3.63, 3.8) is 0 Å². The minimum atomic E-state index is 0.601. The molecule has 3 aromatic carbocycles. The van der Waals surface area contributed by atoms with Crippen LogP contribution in [-0.2, 0) is 0 Å². The molecule has 0 saturated heterocycles. The number of thiazole rings is 1. The molecular weight excluding hydrogens is 573 g/mol. The molecule has 0 radical (unpaired) electrons. The summed E-state index contributed by atoms with van der Waals surface area (Å²) in [5.74, 6) is 1.34. The van der Waals surface area contributed by atoms with Gasteiger partial charge in [0.05, 0.1) is 17.6 Å². The van der Waals surface area contributed by atoms with Gasteiger partial charge in [-0.15, -0.1) is 21.5 Å². The van der Waals surface area contributed by atoms with E-state index < -0.39 is 0 Å². The Balaban J connectivity index is 1.18. The zero-order chi connectivity index (χ0) is 27.7. The van der Waals surface area contributed by atoms with Crippen LogP contribution in [0.5, 0.6) is 0 Å². The summed E-state index contributed by atoms with van der Waals surface area (Å²) in [6.45, 7) is 0. The Morgan fingerprint density at radius 2 is 1.54 bits per heavy atom. The highest BCUT2D eigenvalue weighted by Crippen LogP contribution is 2.31. The first kappa shape index (κ1) is 26.5. The van der Waals surface area contributed by atoms with Gasteiger partial charge in [0.15, 0.2) is 10.9 Å². The number of nitrogens with zero attached hydrogens (tertiary/aromatic N) is 7. The average Bonchev–Trinajstić information content (AvgIpc) is 3.70. The second-order valence-corrected chi connectivity index (χ2v) is 11.0. The van der Waals surface area contributed by atoms with Crippen LogP contribution in [0.1, 0.15) is 0 Å². The predicted molar refractivity (Wildman–Crippen MR) is 167 cm³/mol. The van der Waals surface area contributed by atoms with E-state index >= 15 is 0 Å². The maximum absolute atomic E-state index is 4.77. The lowest BCUT2D eigenvalue weighted by Crippen LogP contribution is -1.97. The second-order valence-electron chi connectivity index (χ2n) is 8.33. The first-order valence-corrected chi connectivity index (χ1v) is 14.8. The Morgan fingerprint density at radius 1 is 0.756 bits per heavy atom. The molecule has 41 heavy (non-hydrogen) atoms. The first-order valence-electron chi connectivity index (χ1n) is 12.3. The quantitative estimate of drug-likeness (QED) is 0.100. The normalized spacial score (nSPS) is 11.0. The molecule has 10 nitrogen and oxygen atoms in total. The van der Waals surface area contributed by atoms with Crippen molar-refractivity contribution in [2.45, 2.75) is 9.79 Å². The fourth-order valence-corrected chi connectivity index (χ4v) is 5.35. The maximum atomic E-state index is 4.77. The van der Waals surface area contributed by atoms with Crippen molar-refractivity contribution in [2.24, 2.45) is 10.2 Å². The number of aromatic nitrogens is 5. The minimum Gasteiger partial charge on any atom is -0.337 e. The van der Waals surface area contributed by atoms with Gasteiger partial charge in [-0.25, -0.2) is 19.6 Å². The van der Waals surface area contributed by atoms with Gasteiger partial charge in [0.25, 0.3) is 0 Å². The van der Waals surface area contributed by atoms with Gasteiger partial charge in [-0.2, -0.15) is 5.11 Å². The van der Waals surface area contributed by atoms with E-state index in [0.29, 0.717) is 11.5 Å². The molecule has 6 aromatic rings. The van der Waals surface area contributed by atoms with E-state index in [1.807, 2.05) is 96.5 Å². The number of para-hydroxylation sites is 1. The Kier molecular flexibility index (Phi) is 8.46. The van der Waals surface area contributed by atoms with Crippen LogP contribution in [0.2, 0.25) is 0 Å². The van der Waals surface area contributed by atoms with Gasteiger partial charge in [-0.05, 0) is 90.6 Å². The first-order chi connectivity index (χ1) is 20.3. The van der Waals surface area contributed by atoms with E-state index in [0.717, 1.165) is 37.8 Å². The van der Waals surface area contributed by atoms with Gasteiger partial charge in [-0.3, -0.25) is 0 Å². The topological polar surface area (TPSA) is 117 Å². The van der Waals surface area contributed by atoms with Crippen LogP contribution in [0, 0.1) is 0 Å². The van der Waals surface area contributed by atoms with Crippen LogP contribution < -0.4 is 14.8 Å². The van der Waals surface area contributed by atoms with Gasteiger partial charge in [0.1, 0.15) is 17.8 Å². The van der Waals surface area contributed by atoms with Gasteiger partial charge in [0, 0.05) is 33.3 Å². The highest BCUT2D eigenvalue weighted by molar-refractivity contribution is 8.01. The van der Waals surface area contributed by atoms with Crippen molar-refractivity contribution in [3.8, 4) is 5.69 Å². The lowest BCUT2D eigenvalue weighted by atomic mass is 10.3. The van der Waals surface area contributed by atoms with E-state index in [2.05, 4.69) is 39.9 Å². The molecule has 0 aliphatic carbocycles. The molecule has 0 unspecified atom stereocenters. The zero-order valence-corrected chi connectivity index (χ0v) is 23.8. The van der Waals surface area contributed by atoms with Crippen molar-refractivity contribution in [1.29, 1.82) is 0 Å². The molecule has 0 spiro atoms. The number of nitrogens with one attached hydrogen (secondary N) is 3. The summed E-state index contributed by atoms with van der Waals surface area (Å²) in [6.07, 6.45) is 6.84. The number of hydrogen-bond acceptors (Lipinski definition) is 12. The molecule has 0 fully saturated rings. The van der Waals surface area contributed by atoms with E-state index in [1.54, 1.807) is 28.4 Å². The fourth-order valence-electron chi connectivity index (χ4n) is 3.52. The summed E-state index contributed by atoms with van der Waals surface area (Å²) in [5, 5.41) is 19.9. The molecular formula is C28H22N10S3. The third-order valence-electron chi connectivity index (χ3n) is 5.49. The third-order valence-corrected chi connectivity index (χ3v) is 7.93. The predicted octanol–water partition coefficient (Wildman–Crippen LogP) is 8.52. The molecule has 3 aromatic heterocycles. The smallest absolute Gasteiger partial charge is 0.192 e. The van der Waals surface area contributed by atoms with Gasteiger partial charge >= 0.3 is 0 Å². The van der Waals surface area contributed by atoms with Crippen molar-refractivity contribution in [1.82, 2.24) is 24.7 Å². The molecule has 0 saturated carbocycles. The molecule has 13 heteroatoms. The number of anilines is 4. The SMILES string of the molecule is c1ccc(Nc2nn(-c3ccc(SNc4ccncn4)cc3)cc2N=Nc2ccc(SNc3nccs3)cc2)cc1. The highest BCUT2D eigenvalue weighted by Gasteiger charge is 2.11. The summed E-state index contributed by atoms with van der Waals surface area (Å²) in [6, 6.07) is 27.6. The van der Waals surface area contributed by atoms with Gasteiger partial charge in [0.2, 0.25) is 0 Å². The Bertz CT molecular complexity index is 1690. The van der Waals surface area contributed by atoms with Crippen LogP contribution in [0.4, 0.5) is 33.8 Å². The molecule has 0 amide bonds. The number of hydrogen-bond donors (Lipinski definition) is 3. The number of benzene rings is 3. The average molecular weight is 595 g/mol. The maximum Gasteiger partial charge on any atom is 0.192 e. The largest absolute Gasteiger partial charge is 0.337 e. The van der Waals surface area contributed by atoms with Crippen LogP contribution in [-0.4, -0.2) is 24.7 Å². The van der Waals surface area contributed by atoms with E-state index in [-0.39, 0.29) is 0 Å². The summed E-state index contributed by atoms with van der Waals surface area (Å²) < 4.78 is 8.22. The van der Waals surface area contributed by atoms with Crippen LogP contribution in [0.25, 0.3) is 5.69 Å². The molecule has 3 heterocycles. The third kappa shape index (κ3) is 7.28. The molecule has 3 N–H and O–H groups in total. The molecule has 0 atom stereocenters. The molecule has 6 rings (SSSR count). The number of rotatable bonds is 11. The summed E-state index contributed by atoms with van der Waals surface area (Å²) in [5.41, 5.74) is 3.15. The van der Waals surface area contributed by atoms with Crippen LogP contribution in [0.15, 0.2) is 135 Å². The number of azo groups is 1. The molecule has 0 bridgehead atoms. The molecule has 202 valence electrons. The lowest BCUT2D eigenvalue weighted by molar-refractivity contribution is 0.883. The van der Waals surface area contributed by atoms with Crippen molar-refractivity contribution in [2.75, 3.05) is 14.8 Å². The van der Waals surface area contributed by atoms with E-state index in [9.17, 15) is 0 Å². The summed E-state index contributed by atoms with van der Waals surface area (Å²) in [4.78, 5) is 14.4. The second kappa shape index (κ2) is 13.1.